The number of nitro groups is 1. The number of rotatable bonds is 4. The quantitative estimate of drug-likeness (QED) is 0.588. The van der Waals surface area contributed by atoms with Crippen molar-refractivity contribution < 1.29 is 26.5 Å². The van der Waals surface area contributed by atoms with Crippen LogP contribution in [-0.2, 0) is 21.8 Å². The number of hydrogen-bond acceptors (Lipinski definition) is 4. The van der Waals surface area contributed by atoms with Gasteiger partial charge in [-0.15, -0.1) is 0 Å². The lowest BCUT2D eigenvalue weighted by atomic mass is 10.2. The Kier molecular flexibility index (Phi) is 4.86. The van der Waals surface area contributed by atoms with Gasteiger partial charge in [0.05, 0.1) is 21.1 Å². The summed E-state index contributed by atoms with van der Waals surface area (Å²) in [6.07, 6.45) is -5.05. The summed E-state index contributed by atoms with van der Waals surface area (Å²) in [7, 11) is -4.37. The summed E-state index contributed by atoms with van der Waals surface area (Å²) in [5.41, 5.74) is -2.16. The van der Waals surface area contributed by atoms with E-state index in [1.165, 1.54) is 24.3 Å². The molecule has 0 amide bonds. The molecular formula is C14H9ClF3NO4S. The summed E-state index contributed by atoms with van der Waals surface area (Å²) in [6.45, 7) is 0. The minimum Gasteiger partial charge on any atom is -0.258 e. The van der Waals surface area contributed by atoms with Crippen molar-refractivity contribution in [3.8, 4) is 0 Å². The lowest BCUT2D eigenvalue weighted by Gasteiger charge is -2.13. The fraction of sp³-hybridized carbons (Fsp3) is 0.143. The maximum Gasteiger partial charge on any atom is 0.417 e. The van der Waals surface area contributed by atoms with Crippen molar-refractivity contribution >= 4 is 27.1 Å². The van der Waals surface area contributed by atoms with Crippen molar-refractivity contribution in [2.45, 2.75) is 16.8 Å². The van der Waals surface area contributed by atoms with Gasteiger partial charge in [-0.3, -0.25) is 10.1 Å². The Morgan fingerprint density at radius 1 is 1.08 bits per heavy atom. The number of alkyl halides is 3. The van der Waals surface area contributed by atoms with Crippen molar-refractivity contribution in [3.05, 3.63) is 68.7 Å². The number of nitro benzene ring substituents is 1. The molecule has 10 heteroatoms. The first kappa shape index (κ1) is 18.2. The van der Waals surface area contributed by atoms with Gasteiger partial charge in [-0.25, -0.2) is 8.42 Å². The maximum absolute atomic E-state index is 13.1. The minimum absolute atomic E-state index is 0.217. The Morgan fingerprint density at radius 2 is 1.67 bits per heavy atom. The van der Waals surface area contributed by atoms with E-state index in [0.29, 0.717) is 11.1 Å². The van der Waals surface area contributed by atoms with Gasteiger partial charge in [-0.2, -0.15) is 13.2 Å². The molecule has 0 fully saturated rings. The molecule has 2 aromatic rings. The Balaban J connectivity index is 2.53. The Labute approximate surface area is 139 Å². The van der Waals surface area contributed by atoms with Gasteiger partial charge < -0.3 is 0 Å². The highest BCUT2D eigenvalue weighted by Crippen LogP contribution is 2.37. The summed E-state index contributed by atoms with van der Waals surface area (Å²) in [4.78, 5) is 8.61. The zero-order chi connectivity index (χ0) is 18.1. The standard InChI is InChI=1S/C14H9ClF3NO4S/c15-10-3-1-9(2-4-10)8-24(22,23)13-6-5-11(19(20)21)7-12(13)14(16,17)18/h1-7H,8H2. The van der Waals surface area contributed by atoms with E-state index in [9.17, 15) is 31.7 Å². The molecular weight excluding hydrogens is 371 g/mol. The average molecular weight is 380 g/mol. The summed E-state index contributed by atoms with van der Waals surface area (Å²) in [5, 5.41) is 11.0. The van der Waals surface area contributed by atoms with Gasteiger partial charge in [-0.05, 0) is 23.8 Å². The van der Waals surface area contributed by atoms with Crippen LogP contribution in [0.15, 0.2) is 47.4 Å². The lowest BCUT2D eigenvalue weighted by Crippen LogP contribution is -2.15. The zero-order valence-electron chi connectivity index (χ0n) is 11.7. The van der Waals surface area contributed by atoms with Gasteiger partial charge in [0.1, 0.15) is 0 Å². The highest BCUT2D eigenvalue weighted by atomic mass is 35.5. The third-order valence-corrected chi connectivity index (χ3v) is 5.08. The fourth-order valence-corrected chi connectivity index (χ4v) is 3.70. The summed E-state index contributed by atoms with van der Waals surface area (Å²) in [5.74, 6) is -0.689. The fourth-order valence-electron chi connectivity index (χ4n) is 2.00. The Hall–Kier alpha value is -2.13. The van der Waals surface area contributed by atoms with E-state index in [4.69, 9.17) is 11.6 Å². The van der Waals surface area contributed by atoms with Crippen LogP contribution in [0.5, 0.6) is 0 Å². The molecule has 0 aliphatic rings. The molecule has 0 saturated heterocycles. The van der Waals surface area contributed by atoms with Gasteiger partial charge in [0.15, 0.2) is 9.84 Å². The molecule has 0 aliphatic heterocycles. The van der Waals surface area contributed by atoms with E-state index in [1.54, 1.807) is 0 Å². The highest BCUT2D eigenvalue weighted by Gasteiger charge is 2.38. The van der Waals surface area contributed by atoms with Crippen LogP contribution in [0.3, 0.4) is 0 Å². The molecule has 0 N–H and O–H groups in total. The second kappa shape index (κ2) is 6.40. The average Bonchev–Trinajstić information content (AvgIpc) is 2.48. The highest BCUT2D eigenvalue weighted by molar-refractivity contribution is 7.90. The van der Waals surface area contributed by atoms with E-state index in [2.05, 4.69) is 0 Å². The molecule has 0 saturated carbocycles. The predicted octanol–water partition coefficient (Wildman–Crippen LogP) is 4.24. The van der Waals surface area contributed by atoms with Crippen LogP contribution < -0.4 is 0 Å². The number of hydrogen-bond donors (Lipinski definition) is 0. The first-order valence-electron chi connectivity index (χ1n) is 6.33. The maximum atomic E-state index is 13.1. The number of benzene rings is 2. The van der Waals surface area contributed by atoms with Crippen LogP contribution in [0.25, 0.3) is 0 Å². The summed E-state index contributed by atoms with van der Waals surface area (Å²) in [6, 6.07) is 7.11. The molecule has 0 spiro atoms. The first-order chi connectivity index (χ1) is 11.0. The van der Waals surface area contributed by atoms with Crippen molar-refractivity contribution in [3.63, 3.8) is 0 Å². The Morgan fingerprint density at radius 3 is 2.17 bits per heavy atom. The molecule has 0 aliphatic carbocycles. The molecule has 0 unspecified atom stereocenters. The van der Waals surface area contributed by atoms with Gasteiger partial charge >= 0.3 is 6.18 Å². The van der Waals surface area contributed by atoms with Crippen LogP contribution in [-0.4, -0.2) is 13.3 Å². The molecule has 0 bridgehead atoms. The lowest BCUT2D eigenvalue weighted by molar-refractivity contribution is -0.385. The second-order valence-corrected chi connectivity index (χ2v) is 7.22. The third-order valence-electron chi connectivity index (χ3n) is 3.08. The van der Waals surface area contributed by atoms with E-state index < -0.39 is 42.8 Å². The molecule has 0 atom stereocenters. The smallest absolute Gasteiger partial charge is 0.258 e. The van der Waals surface area contributed by atoms with Crippen LogP contribution in [0, 0.1) is 10.1 Å². The van der Waals surface area contributed by atoms with Crippen molar-refractivity contribution in [1.82, 2.24) is 0 Å². The molecule has 128 valence electrons. The first-order valence-corrected chi connectivity index (χ1v) is 8.36. The van der Waals surface area contributed by atoms with E-state index in [1.807, 2.05) is 0 Å². The van der Waals surface area contributed by atoms with Crippen LogP contribution >= 0.6 is 11.6 Å². The number of sulfone groups is 1. The zero-order valence-corrected chi connectivity index (χ0v) is 13.3. The molecule has 2 aromatic carbocycles. The Bertz CT molecular complexity index is 880. The van der Waals surface area contributed by atoms with E-state index in [-0.39, 0.29) is 11.6 Å². The molecule has 0 aromatic heterocycles. The second-order valence-electron chi connectivity index (χ2n) is 4.82. The van der Waals surface area contributed by atoms with Crippen LogP contribution in [0.2, 0.25) is 5.02 Å². The number of halogens is 4. The normalized spacial score (nSPS) is 12.2. The molecule has 2 rings (SSSR count). The van der Waals surface area contributed by atoms with Crippen molar-refractivity contribution in [1.29, 1.82) is 0 Å². The van der Waals surface area contributed by atoms with Gasteiger partial charge in [0.2, 0.25) is 0 Å². The van der Waals surface area contributed by atoms with Crippen LogP contribution in [0.1, 0.15) is 11.1 Å². The van der Waals surface area contributed by atoms with Crippen LogP contribution in [0.4, 0.5) is 18.9 Å². The van der Waals surface area contributed by atoms with Crippen molar-refractivity contribution in [2.24, 2.45) is 0 Å². The largest absolute Gasteiger partial charge is 0.417 e. The molecule has 5 nitrogen and oxygen atoms in total. The number of nitrogens with zero attached hydrogens (tertiary/aromatic N) is 1. The van der Waals surface area contributed by atoms with E-state index >= 15 is 0 Å². The molecule has 0 heterocycles. The minimum atomic E-state index is -5.05. The van der Waals surface area contributed by atoms with Gasteiger partial charge in [0.25, 0.3) is 5.69 Å². The summed E-state index contributed by atoms with van der Waals surface area (Å²) < 4.78 is 64.0. The monoisotopic (exact) mass is 379 g/mol. The predicted molar refractivity (Wildman–Crippen MR) is 80.4 cm³/mol. The SMILES string of the molecule is O=[N+]([O-])c1ccc(S(=O)(=O)Cc2ccc(Cl)cc2)c(C(F)(F)F)c1. The topological polar surface area (TPSA) is 77.3 Å². The van der Waals surface area contributed by atoms with Crippen molar-refractivity contribution in [2.75, 3.05) is 0 Å². The third kappa shape index (κ3) is 4.04. The number of non-ortho nitro benzene ring substituents is 1. The van der Waals surface area contributed by atoms with Gasteiger partial charge in [0, 0.05) is 17.2 Å². The molecule has 24 heavy (non-hydrogen) atoms. The van der Waals surface area contributed by atoms with E-state index in [0.717, 1.165) is 6.07 Å². The molecule has 0 radical (unpaired) electrons. The summed E-state index contributed by atoms with van der Waals surface area (Å²) >= 11 is 5.67. The van der Waals surface area contributed by atoms with Gasteiger partial charge in [-0.1, -0.05) is 23.7 Å².